The second-order valence-electron chi connectivity index (χ2n) is 6.20. The Bertz CT molecular complexity index is 1100. The molecule has 0 aliphatic heterocycles. The van der Waals surface area contributed by atoms with Crippen LogP contribution < -0.4 is 20.3 Å². The third-order valence-electron chi connectivity index (χ3n) is 4.32. The predicted molar refractivity (Wildman–Crippen MR) is 106 cm³/mol. The molecule has 3 aromatic rings. The molecule has 0 saturated heterocycles. The fraction of sp³-hybridized carbons (Fsp3) is 0.190. The van der Waals surface area contributed by atoms with Crippen LogP contribution in [0.25, 0.3) is 11.0 Å². The van der Waals surface area contributed by atoms with Crippen LogP contribution in [0.15, 0.2) is 46.9 Å². The fourth-order valence-corrected chi connectivity index (χ4v) is 2.78. The molecule has 9 heteroatoms. The highest BCUT2D eigenvalue weighted by Gasteiger charge is 2.20. The number of hydrogen-bond acceptors (Lipinski definition) is 7. The highest BCUT2D eigenvalue weighted by Crippen LogP contribution is 2.27. The lowest BCUT2D eigenvalue weighted by Gasteiger charge is -2.10. The Labute approximate surface area is 171 Å². The van der Waals surface area contributed by atoms with E-state index in [9.17, 15) is 14.4 Å². The number of benzene rings is 2. The first-order chi connectivity index (χ1) is 14.4. The van der Waals surface area contributed by atoms with Gasteiger partial charge >= 0.3 is 5.97 Å². The zero-order valence-electron chi connectivity index (χ0n) is 16.6. The van der Waals surface area contributed by atoms with Crippen LogP contribution in [-0.4, -0.2) is 38.6 Å². The molecule has 0 unspecified atom stereocenters. The normalized spacial score (nSPS) is 10.4. The number of hydrogen-bond donors (Lipinski definition) is 2. The third-order valence-corrected chi connectivity index (χ3v) is 4.32. The van der Waals surface area contributed by atoms with E-state index in [0.717, 1.165) is 5.39 Å². The van der Waals surface area contributed by atoms with Gasteiger partial charge in [-0.05, 0) is 31.2 Å². The number of ether oxygens (including phenoxy) is 3. The molecule has 3 rings (SSSR count). The topological polar surface area (TPSA) is 116 Å². The van der Waals surface area contributed by atoms with Gasteiger partial charge in [0, 0.05) is 16.5 Å². The summed E-state index contributed by atoms with van der Waals surface area (Å²) in [7, 11) is 2.92. The second kappa shape index (κ2) is 8.99. The number of fused-ring (bicyclic) bond motifs is 1. The summed E-state index contributed by atoms with van der Waals surface area (Å²) in [6.07, 6.45) is 0. The van der Waals surface area contributed by atoms with Crippen LogP contribution in [0.2, 0.25) is 0 Å². The van der Waals surface area contributed by atoms with Crippen molar-refractivity contribution in [3.63, 3.8) is 0 Å². The van der Waals surface area contributed by atoms with Crippen LogP contribution in [0.4, 0.5) is 0 Å². The summed E-state index contributed by atoms with van der Waals surface area (Å²) in [5.74, 6) is -1.21. The van der Waals surface area contributed by atoms with Crippen molar-refractivity contribution in [2.24, 2.45) is 0 Å². The van der Waals surface area contributed by atoms with Gasteiger partial charge in [0.05, 0.1) is 14.2 Å². The molecule has 0 spiro atoms. The van der Waals surface area contributed by atoms with E-state index in [2.05, 4.69) is 10.9 Å². The van der Waals surface area contributed by atoms with Crippen LogP contribution in [0.3, 0.4) is 0 Å². The standard InChI is InChI=1S/C21H20N2O7/c1-12-14-6-4-5-7-15(14)30-19(12)21(26)29-11-18(24)22-23-20(25)13-8-9-16(27-2)17(10-13)28-3/h4-10H,11H2,1-3H3,(H,22,24)(H,23,25). The first kappa shape index (κ1) is 20.7. The number of esters is 1. The molecule has 30 heavy (non-hydrogen) atoms. The van der Waals surface area contributed by atoms with E-state index in [-0.39, 0.29) is 11.3 Å². The van der Waals surface area contributed by atoms with Crippen molar-refractivity contribution in [3.8, 4) is 11.5 Å². The minimum absolute atomic E-state index is 0.0263. The van der Waals surface area contributed by atoms with Crippen molar-refractivity contribution in [3.05, 3.63) is 59.4 Å². The molecule has 0 bridgehead atoms. The molecule has 0 aliphatic carbocycles. The average Bonchev–Trinajstić information content (AvgIpc) is 3.12. The van der Waals surface area contributed by atoms with Crippen molar-refractivity contribution in [2.75, 3.05) is 20.8 Å². The molecule has 0 saturated carbocycles. The van der Waals surface area contributed by atoms with Crippen molar-refractivity contribution < 1.29 is 33.0 Å². The minimum atomic E-state index is -0.773. The minimum Gasteiger partial charge on any atom is -0.493 e. The first-order valence-corrected chi connectivity index (χ1v) is 8.91. The Hall–Kier alpha value is -4.01. The van der Waals surface area contributed by atoms with E-state index >= 15 is 0 Å². The SMILES string of the molecule is COc1ccc(C(=O)NNC(=O)COC(=O)c2oc3ccccc3c2C)cc1OC. The van der Waals surface area contributed by atoms with Gasteiger partial charge in [-0.2, -0.15) is 0 Å². The number of hydrazine groups is 1. The highest BCUT2D eigenvalue weighted by atomic mass is 16.5. The number of furan rings is 1. The second-order valence-corrected chi connectivity index (χ2v) is 6.20. The van der Waals surface area contributed by atoms with Crippen LogP contribution in [-0.2, 0) is 9.53 Å². The van der Waals surface area contributed by atoms with Crippen molar-refractivity contribution >= 4 is 28.8 Å². The zero-order valence-corrected chi connectivity index (χ0v) is 16.6. The summed E-state index contributed by atoms with van der Waals surface area (Å²) in [5.41, 5.74) is 5.82. The lowest BCUT2D eigenvalue weighted by Crippen LogP contribution is -2.43. The maximum atomic E-state index is 12.2. The largest absolute Gasteiger partial charge is 0.493 e. The average molecular weight is 412 g/mol. The molecule has 1 heterocycles. The highest BCUT2D eigenvalue weighted by molar-refractivity contribution is 5.98. The number of methoxy groups -OCH3 is 2. The Morgan fingerprint density at radius 3 is 2.40 bits per heavy atom. The van der Waals surface area contributed by atoms with E-state index in [1.165, 1.54) is 26.4 Å². The number of amides is 2. The molecule has 1 aromatic heterocycles. The Balaban J connectivity index is 1.54. The number of para-hydroxylation sites is 1. The van der Waals surface area contributed by atoms with E-state index in [4.69, 9.17) is 18.6 Å². The number of carbonyl (C=O) groups is 3. The predicted octanol–water partition coefficient (Wildman–Crippen LogP) is 2.38. The number of nitrogens with one attached hydrogen (secondary N) is 2. The van der Waals surface area contributed by atoms with Gasteiger partial charge in [0.2, 0.25) is 5.76 Å². The summed E-state index contributed by atoms with van der Waals surface area (Å²) in [6.45, 7) is 1.13. The molecule has 2 aromatic carbocycles. The van der Waals surface area contributed by atoms with Crippen LogP contribution in [0.5, 0.6) is 11.5 Å². The molecule has 9 nitrogen and oxygen atoms in total. The smallest absolute Gasteiger partial charge is 0.375 e. The fourth-order valence-electron chi connectivity index (χ4n) is 2.78. The van der Waals surface area contributed by atoms with Gasteiger partial charge in [0.15, 0.2) is 18.1 Å². The van der Waals surface area contributed by atoms with Crippen LogP contribution in [0, 0.1) is 6.92 Å². The summed E-state index contributed by atoms with van der Waals surface area (Å²) in [5, 5.41) is 0.788. The van der Waals surface area contributed by atoms with Crippen molar-refractivity contribution in [1.82, 2.24) is 10.9 Å². The van der Waals surface area contributed by atoms with E-state index in [1.54, 1.807) is 25.1 Å². The summed E-state index contributed by atoms with van der Waals surface area (Å²) < 4.78 is 20.7. The molecule has 0 atom stereocenters. The summed E-state index contributed by atoms with van der Waals surface area (Å²) in [6, 6.07) is 11.7. The maximum Gasteiger partial charge on any atom is 0.375 e. The monoisotopic (exact) mass is 412 g/mol. The number of carbonyl (C=O) groups excluding carboxylic acids is 3. The zero-order chi connectivity index (χ0) is 21.7. The van der Waals surface area contributed by atoms with E-state index < -0.39 is 24.4 Å². The third kappa shape index (κ3) is 4.35. The Kier molecular flexibility index (Phi) is 6.21. The first-order valence-electron chi connectivity index (χ1n) is 8.91. The van der Waals surface area contributed by atoms with Gasteiger partial charge < -0.3 is 18.6 Å². The number of rotatable bonds is 6. The molecular weight excluding hydrogens is 392 g/mol. The van der Waals surface area contributed by atoms with Gasteiger partial charge in [-0.25, -0.2) is 4.79 Å². The lowest BCUT2D eigenvalue weighted by molar-refractivity contribution is -0.125. The quantitative estimate of drug-likeness (QED) is 0.472. The summed E-state index contributed by atoms with van der Waals surface area (Å²) >= 11 is 0. The molecule has 0 fully saturated rings. The summed E-state index contributed by atoms with van der Waals surface area (Å²) in [4.78, 5) is 36.3. The molecular formula is C21H20N2O7. The van der Waals surface area contributed by atoms with E-state index in [0.29, 0.717) is 22.6 Å². The van der Waals surface area contributed by atoms with Gasteiger partial charge in [0.1, 0.15) is 5.58 Å². The molecule has 156 valence electrons. The maximum absolute atomic E-state index is 12.2. The van der Waals surface area contributed by atoms with Crippen LogP contribution in [0.1, 0.15) is 26.5 Å². The van der Waals surface area contributed by atoms with Gasteiger partial charge in [0.25, 0.3) is 11.8 Å². The Morgan fingerprint density at radius 2 is 1.70 bits per heavy atom. The van der Waals surface area contributed by atoms with Crippen molar-refractivity contribution in [2.45, 2.75) is 6.92 Å². The van der Waals surface area contributed by atoms with Gasteiger partial charge in [-0.15, -0.1) is 0 Å². The molecule has 0 radical (unpaired) electrons. The van der Waals surface area contributed by atoms with Crippen molar-refractivity contribution in [1.29, 1.82) is 0 Å². The Morgan fingerprint density at radius 1 is 0.967 bits per heavy atom. The molecule has 0 aliphatic rings. The van der Waals surface area contributed by atoms with E-state index in [1.807, 2.05) is 12.1 Å². The van der Waals surface area contributed by atoms with Gasteiger partial charge in [-0.1, -0.05) is 18.2 Å². The molecule has 2 N–H and O–H groups in total. The van der Waals surface area contributed by atoms with Crippen LogP contribution >= 0.6 is 0 Å². The lowest BCUT2D eigenvalue weighted by atomic mass is 10.1. The van der Waals surface area contributed by atoms with Gasteiger partial charge in [-0.3, -0.25) is 20.4 Å². The number of aryl methyl sites for hydroxylation is 1. The molecule has 2 amide bonds.